The molecule has 0 unspecified atom stereocenters. The van der Waals surface area contributed by atoms with Crippen molar-refractivity contribution in [1.29, 1.82) is 0 Å². The van der Waals surface area contributed by atoms with E-state index in [0.29, 0.717) is 10.5 Å². The van der Waals surface area contributed by atoms with Crippen molar-refractivity contribution in [2.45, 2.75) is 0 Å². The molecule has 1 aromatic heterocycles. The molecule has 0 N–H and O–H groups in total. The maximum atomic E-state index is 11.0. The molecule has 0 amide bonds. The quantitative estimate of drug-likeness (QED) is 0.711. The Hall–Kier alpha value is -0.710. The van der Waals surface area contributed by atoms with Crippen LogP contribution in [0.5, 0.6) is 0 Å². The lowest BCUT2D eigenvalue weighted by Gasteiger charge is -1.96. The Kier molecular flexibility index (Phi) is 2.19. The second-order valence-corrected chi connectivity index (χ2v) is 3.85. The van der Waals surface area contributed by atoms with Gasteiger partial charge in [0, 0.05) is 0 Å². The van der Waals surface area contributed by atoms with E-state index in [1.54, 1.807) is 12.1 Å². The predicted octanol–water partition coefficient (Wildman–Crippen LogP) is 2.72. The van der Waals surface area contributed by atoms with Gasteiger partial charge >= 0.3 is 0 Å². The van der Waals surface area contributed by atoms with Gasteiger partial charge in [-0.15, -0.1) is 5.10 Å². The van der Waals surface area contributed by atoms with Gasteiger partial charge in [0.1, 0.15) is 5.52 Å². The number of aromatic nitrogens is 2. The number of benzene rings is 1. The summed E-state index contributed by atoms with van der Waals surface area (Å²) in [7, 11) is 0. The summed E-state index contributed by atoms with van der Waals surface area (Å²) >= 11 is 12.3. The fraction of sp³-hybridized carbons (Fsp3) is 0. The van der Waals surface area contributed by atoms with Gasteiger partial charge in [0.05, 0.1) is 15.3 Å². The first-order chi connectivity index (χ1) is 6.20. The number of halogens is 2. The molecule has 0 spiro atoms. The summed E-state index contributed by atoms with van der Waals surface area (Å²) in [6, 6.07) is 3.37. The van der Waals surface area contributed by atoms with E-state index in [9.17, 15) is 4.79 Å². The maximum absolute atomic E-state index is 11.0. The molecule has 3 nitrogen and oxygen atoms in total. The fourth-order valence-electron chi connectivity index (χ4n) is 1.01. The summed E-state index contributed by atoms with van der Waals surface area (Å²) < 4.78 is 4.51. The molecular weight excluding hydrogens is 231 g/mol. The lowest BCUT2D eigenvalue weighted by Crippen LogP contribution is -1.92. The number of carbonyl (C=O) groups is 1. The molecule has 0 bridgehead atoms. The first-order valence-electron chi connectivity index (χ1n) is 3.30. The van der Waals surface area contributed by atoms with Crippen LogP contribution in [-0.2, 0) is 0 Å². The van der Waals surface area contributed by atoms with Crippen molar-refractivity contribution in [2.75, 3.05) is 0 Å². The molecule has 1 heterocycles. The largest absolute Gasteiger partial charge is 0.275 e. The van der Waals surface area contributed by atoms with Crippen LogP contribution in [0.2, 0.25) is 5.02 Å². The second-order valence-electron chi connectivity index (χ2n) is 2.32. The molecule has 0 radical (unpaired) electrons. The molecule has 0 atom stereocenters. The maximum Gasteiger partial charge on any atom is 0.256 e. The molecule has 0 aliphatic rings. The van der Waals surface area contributed by atoms with E-state index in [4.69, 9.17) is 23.2 Å². The molecule has 66 valence electrons. The number of fused-ring (bicyclic) bond motifs is 1. The van der Waals surface area contributed by atoms with Crippen molar-refractivity contribution in [1.82, 2.24) is 9.59 Å². The third-order valence-corrected chi connectivity index (χ3v) is 2.76. The number of carbonyl (C=O) groups excluding carboxylic acids is 1. The Morgan fingerprint density at radius 1 is 1.46 bits per heavy atom. The van der Waals surface area contributed by atoms with Gasteiger partial charge in [-0.05, 0) is 35.3 Å². The van der Waals surface area contributed by atoms with Crippen molar-refractivity contribution < 1.29 is 4.79 Å². The van der Waals surface area contributed by atoms with E-state index in [0.717, 1.165) is 4.70 Å². The second kappa shape index (κ2) is 3.21. The van der Waals surface area contributed by atoms with Gasteiger partial charge in [-0.1, -0.05) is 16.1 Å². The summed E-state index contributed by atoms with van der Waals surface area (Å²) in [4.78, 5) is 11.0. The highest BCUT2D eigenvalue weighted by atomic mass is 35.5. The van der Waals surface area contributed by atoms with Gasteiger partial charge in [0.25, 0.3) is 5.24 Å². The molecule has 2 aromatic rings. The van der Waals surface area contributed by atoms with E-state index >= 15 is 0 Å². The van der Waals surface area contributed by atoms with Crippen LogP contribution < -0.4 is 0 Å². The highest BCUT2D eigenvalue weighted by molar-refractivity contribution is 7.13. The standard InChI is InChI=1S/C7H2Cl2N2OS/c8-3-1-2-4-6(10-11-13-4)5(3)7(9)12/h1-2H. The van der Waals surface area contributed by atoms with Crippen LogP contribution in [-0.4, -0.2) is 14.8 Å². The van der Waals surface area contributed by atoms with Crippen molar-refractivity contribution in [2.24, 2.45) is 0 Å². The van der Waals surface area contributed by atoms with Crippen LogP contribution in [0.3, 0.4) is 0 Å². The zero-order valence-electron chi connectivity index (χ0n) is 6.12. The number of rotatable bonds is 1. The van der Waals surface area contributed by atoms with E-state index in [2.05, 4.69) is 9.59 Å². The van der Waals surface area contributed by atoms with Gasteiger partial charge < -0.3 is 0 Å². The predicted molar refractivity (Wildman–Crippen MR) is 52.6 cm³/mol. The normalized spacial score (nSPS) is 10.6. The first-order valence-corrected chi connectivity index (χ1v) is 4.83. The minimum absolute atomic E-state index is 0.231. The minimum atomic E-state index is -0.608. The zero-order chi connectivity index (χ0) is 9.42. The van der Waals surface area contributed by atoms with Crippen LogP contribution in [0.1, 0.15) is 10.4 Å². The number of hydrogen-bond donors (Lipinski definition) is 0. The molecular formula is C7H2Cl2N2OS. The molecule has 0 aliphatic carbocycles. The third kappa shape index (κ3) is 1.41. The van der Waals surface area contributed by atoms with Crippen molar-refractivity contribution in [3.05, 3.63) is 22.7 Å². The molecule has 0 saturated heterocycles. The molecule has 0 aliphatic heterocycles. The van der Waals surface area contributed by atoms with Gasteiger partial charge in [0.15, 0.2) is 0 Å². The highest BCUT2D eigenvalue weighted by Crippen LogP contribution is 2.27. The minimum Gasteiger partial charge on any atom is -0.275 e. The number of nitrogens with zero attached hydrogens (tertiary/aromatic N) is 2. The number of hydrogen-bond acceptors (Lipinski definition) is 4. The van der Waals surface area contributed by atoms with E-state index in [1.165, 1.54) is 11.5 Å². The lowest BCUT2D eigenvalue weighted by molar-refractivity contribution is 0.108. The van der Waals surface area contributed by atoms with Crippen LogP contribution >= 0.6 is 34.7 Å². The zero-order valence-corrected chi connectivity index (χ0v) is 8.45. The summed E-state index contributed by atoms with van der Waals surface area (Å²) in [6.07, 6.45) is 0. The Morgan fingerprint density at radius 2 is 2.23 bits per heavy atom. The summed E-state index contributed by atoms with van der Waals surface area (Å²) in [5.74, 6) is 0. The van der Waals surface area contributed by atoms with Crippen molar-refractivity contribution in [3.8, 4) is 0 Å². The topological polar surface area (TPSA) is 42.9 Å². The Balaban J connectivity index is 2.88. The molecule has 2 rings (SSSR count). The summed E-state index contributed by atoms with van der Waals surface area (Å²) in [6.45, 7) is 0. The van der Waals surface area contributed by atoms with Crippen LogP contribution in [0.25, 0.3) is 10.2 Å². The summed E-state index contributed by atoms with van der Waals surface area (Å²) in [5, 5.41) is 3.48. The Morgan fingerprint density at radius 3 is 2.92 bits per heavy atom. The van der Waals surface area contributed by atoms with E-state index in [1.807, 2.05) is 0 Å². The Labute approximate surface area is 87.4 Å². The highest BCUT2D eigenvalue weighted by Gasteiger charge is 2.14. The molecule has 0 fully saturated rings. The third-order valence-electron chi connectivity index (χ3n) is 1.57. The van der Waals surface area contributed by atoms with Gasteiger partial charge in [0.2, 0.25) is 0 Å². The van der Waals surface area contributed by atoms with Crippen molar-refractivity contribution in [3.63, 3.8) is 0 Å². The van der Waals surface area contributed by atoms with Gasteiger partial charge in [-0.3, -0.25) is 4.79 Å². The molecule has 6 heteroatoms. The van der Waals surface area contributed by atoms with Crippen LogP contribution in [0.15, 0.2) is 12.1 Å². The fourth-order valence-corrected chi connectivity index (χ4v) is 2.06. The van der Waals surface area contributed by atoms with Gasteiger partial charge in [-0.2, -0.15) is 0 Å². The first kappa shape index (κ1) is 8.87. The SMILES string of the molecule is O=C(Cl)c1c(Cl)ccc2snnc12. The monoisotopic (exact) mass is 232 g/mol. The molecule has 0 saturated carbocycles. The Bertz CT molecular complexity index is 482. The molecule has 13 heavy (non-hydrogen) atoms. The summed E-state index contributed by atoms with van der Waals surface area (Å²) in [5.41, 5.74) is 0.701. The molecule has 1 aromatic carbocycles. The van der Waals surface area contributed by atoms with Gasteiger partial charge in [-0.25, -0.2) is 0 Å². The smallest absolute Gasteiger partial charge is 0.256 e. The lowest BCUT2D eigenvalue weighted by atomic mass is 10.2. The average molecular weight is 233 g/mol. The van der Waals surface area contributed by atoms with E-state index < -0.39 is 5.24 Å². The average Bonchev–Trinajstić information content (AvgIpc) is 2.50. The van der Waals surface area contributed by atoms with E-state index in [-0.39, 0.29) is 5.56 Å². The van der Waals surface area contributed by atoms with Crippen LogP contribution in [0.4, 0.5) is 0 Å². The van der Waals surface area contributed by atoms with Crippen molar-refractivity contribution >= 4 is 50.2 Å². The van der Waals surface area contributed by atoms with Crippen LogP contribution in [0, 0.1) is 0 Å².